The smallest absolute Gasteiger partial charge is 0.254 e. The monoisotopic (exact) mass is 485 g/mol. The number of aromatic nitrogens is 3. The number of anilines is 2. The molecule has 4 aromatic rings. The molecule has 8 nitrogen and oxygen atoms in total. The van der Waals surface area contributed by atoms with Crippen molar-refractivity contribution in [2.45, 2.75) is 33.4 Å². The van der Waals surface area contributed by atoms with Gasteiger partial charge in [0.2, 0.25) is 11.9 Å². The lowest BCUT2D eigenvalue weighted by Crippen LogP contribution is -2.18. The van der Waals surface area contributed by atoms with Crippen LogP contribution in [-0.2, 0) is 19.5 Å². The van der Waals surface area contributed by atoms with E-state index in [2.05, 4.69) is 20.7 Å². The van der Waals surface area contributed by atoms with E-state index in [1.807, 2.05) is 92.7 Å². The molecule has 0 unspecified atom stereocenters. The van der Waals surface area contributed by atoms with Crippen LogP contribution in [0.25, 0.3) is 0 Å². The van der Waals surface area contributed by atoms with E-state index in [1.165, 1.54) is 4.68 Å². The summed E-state index contributed by atoms with van der Waals surface area (Å²) in [4.78, 5) is 17.7. The molecule has 0 atom stereocenters. The van der Waals surface area contributed by atoms with E-state index in [0.717, 1.165) is 28.2 Å². The highest BCUT2D eigenvalue weighted by Crippen LogP contribution is 2.17. The van der Waals surface area contributed by atoms with E-state index in [0.29, 0.717) is 38.2 Å². The third kappa shape index (κ3) is 6.85. The average molecular weight is 486 g/mol. The van der Waals surface area contributed by atoms with Gasteiger partial charge in [0.15, 0.2) is 0 Å². The van der Waals surface area contributed by atoms with Crippen LogP contribution in [-0.4, -0.2) is 33.9 Å². The van der Waals surface area contributed by atoms with E-state index >= 15 is 0 Å². The Kier molecular flexibility index (Phi) is 8.53. The maximum Gasteiger partial charge on any atom is 0.254 e. The van der Waals surface area contributed by atoms with Crippen molar-refractivity contribution in [1.29, 1.82) is 0 Å². The Bertz CT molecular complexity index is 1240. The summed E-state index contributed by atoms with van der Waals surface area (Å²) in [5.41, 5.74) is 3.00. The second-order valence-electron chi connectivity index (χ2n) is 8.09. The molecule has 0 radical (unpaired) electrons. The zero-order chi connectivity index (χ0) is 25.2. The van der Waals surface area contributed by atoms with E-state index in [-0.39, 0.29) is 12.3 Å². The second-order valence-corrected chi connectivity index (χ2v) is 8.09. The second kappa shape index (κ2) is 12.4. The van der Waals surface area contributed by atoms with Gasteiger partial charge < -0.3 is 20.1 Å². The predicted molar refractivity (Wildman–Crippen MR) is 141 cm³/mol. The van der Waals surface area contributed by atoms with Crippen molar-refractivity contribution >= 4 is 17.8 Å². The van der Waals surface area contributed by atoms with Gasteiger partial charge in [-0.25, -0.2) is 0 Å². The van der Waals surface area contributed by atoms with Crippen molar-refractivity contribution in [3.05, 3.63) is 95.6 Å². The first-order valence-corrected chi connectivity index (χ1v) is 12.1. The molecule has 0 bridgehead atoms. The predicted octanol–water partition coefficient (Wildman–Crippen LogP) is 5.18. The number of carbonyl (C=O) groups excluding carboxylic acids is 1. The first-order chi connectivity index (χ1) is 17.6. The summed E-state index contributed by atoms with van der Waals surface area (Å²) in [6, 6.07) is 25.3. The van der Waals surface area contributed by atoms with E-state index < -0.39 is 0 Å². The highest BCUT2D eigenvalue weighted by molar-refractivity contribution is 5.83. The van der Waals surface area contributed by atoms with Gasteiger partial charge in [0.05, 0.1) is 19.6 Å². The Morgan fingerprint density at radius 3 is 1.86 bits per heavy atom. The summed E-state index contributed by atoms with van der Waals surface area (Å²) in [7, 11) is 0. The number of carbonyl (C=O) groups is 1. The molecule has 0 saturated heterocycles. The molecular formula is C28H31N5O3. The van der Waals surface area contributed by atoms with Crippen molar-refractivity contribution in [3.8, 4) is 11.5 Å². The van der Waals surface area contributed by atoms with Gasteiger partial charge in [0.1, 0.15) is 11.5 Å². The summed E-state index contributed by atoms with van der Waals surface area (Å²) >= 11 is 0. The van der Waals surface area contributed by atoms with Crippen molar-refractivity contribution in [3.63, 3.8) is 0 Å². The van der Waals surface area contributed by atoms with Crippen LogP contribution in [0.2, 0.25) is 0 Å². The molecule has 4 rings (SSSR count). The fourth-order valence-electron chi connectivity index (χ4n) is 3.62. The van der Waals surface area contributed by atoms with E-state index in [4.69, 9.17) is 9.47 Å². The maximum atomic E-state index is 13.1. The van der Waals surface area contributed by atoms with Crippen molar-refractivity contribution in [1.82, 2.24) is 14.8 Å². The topological polar surface area (TPSA) is 90.3 Å². The van der Waals surface area contributed by atoms with Crippen LogP contribution in [0.5, 0.6) is 11.5 Å². The summed E-state index contributed by atoms with van der Waals surface area (Å²) in [6.45, 7) is 6.16. The highest BCUT2D eigenvalue weighted by Gasteiger charge is 2.17. The molecule has 0 aliphatic carbocycles. The SMILES string of the molecule is CCOc1ccc(CNc2nc(NCc3ccc(OCC)cc3)n(C(=O)Cc3ccccc3)n2)cc1. The Morgan fingerprint density at radius 2 is 1.31 bits per heavy atom. The molecule has 1 aromatic heterocycles. The van der Waals surface area contributed by atoms with Gasteiger partial charge in [-0.2, -0.15) is 9.67 Å². The van der Waals surface area contributed by atoms with Crippen molar-refractivity contribution < 1.29 is 14.3 Å². The Balaban J connectivity index is 1.47. The number of nitrogens with one attached hydrogen (secondary N) is 2. The normalized spacial score (nSPS) is 10.6. The first-order valence-electron chi connectivity index (χ1n) is 12.1. The summed E-state index contributed by atoms with van der Waals surface area (Å²) in [5.74, 6) is 2.25. The van der Waals surface area contributed by atoms with Gasteiger partial charge in [0.25, 0.3) is 5.91 Å². The van der Waals surface area contributed by atoms with E-state index in [1.54, 1.807) is 0 Å². The lowest BCUT2D eigenvalue weighted by Gasteiger charge is -2.08. The summed E-state index contributed by atoms with van der Waals surface area (Å²) in [5, 5.41) is 10.9. The van der Waals surface area contributed by atoms with Crippen LogP contribution >= 0.6 is 0 Å². The summed E-state index contributed by atoms with van der Waals surface area (Å²) < 4.78 is 12.3. The van der Waals surface area contributed by atoms with E-state index in [9.17, 15) is 4.79 Å². The molecule has 0 amide bonds. The lowest BCUT2D eigenvalue weighted by atomic mass is 10.1. The molecule has 1 heterocycles. The Labute approximate surface area is 211 Å². The zero-order valence-electron chi connectivity index (χ0n) is 20.6. The van der Waals surface area contributed by atoms with Gasteiger partial charge in [-0.05, 0) is 54.8 Å². The van der Waals surface area contributed by atoms with Crippen LogP contribution < -0.4 is 20.1 Å². The van der Waals surface area contributed by atoms with Gasteiger partial charge >= 0.3 is 0 Å². The first kappa shape index (κ1) is 24.8. The minimum absolute atomic E-state index is 0.169. The Morgan fingerprint density at radius 1 is 0.750 bits per heavy atom. The Hall–Kier alpha value is -4.33. The maximum absolute atomic E-state index is 13.1. The molecule has 8 heteroatoms. The number of benzene rings is 3. The van der Waals surface area contributed by atoms with Crippen LogP contribution in [0.3, 0.4) is 0 Å². The molecule has 0 aliphatic rings. The fourth-order valence-corrected chi connectivity index (χ4v) is 3.62. The van der Waals surface area contributed by atoms with Gasteiger partial charge in [-0.1, -0.05) is 54.6 Å². The number of ether oxygens (including phenoxy) is 2. The van der Waals surface area contributed by atoms with Gasteiger partial charge in [-0.3, -0.25) is 4.79 Å². The molecule has 36 heavy (non-hydrogen) atoms. The largest absolute Gasteiger partial charge is 0.494 e. The van der Waals surface area contributed by atoms with Gasteiger partial charge in [0, 0.05) is 13.1 Å². The third-order valence-electron chi connectivity index (χ3n) is 5.41. The number of rotatable bonds is 12. The fraction of sp³-hybridized carbons (Fsp3) is 0.250. The third-order valence-corrected chi connectivity index (χ3v) is 5.41. The van der Waals surface area contributed by atoms with Crippen LogP contribution in [0, 0.1) is 0 Å². The standard InChI is InChI=1S/C28H31N5O3/c1-3-35-24-14-10-22(11-15-24)19-29-27-31-28(30-20-23-12-16-25(17-13-23)36-4-2)33(32-27)26(34)18-21-8-6-5-7-9-21/h5-17H,3-4,18-20H2,1-2H3,(H2,29,30,31,32). The minimum atomic E-state index is -0.169. The average Bonchev–Trinajstić information content (AvgIpc) is 3.32. The quantitative estimate of drug-likeness (QED) is 0.286. The minimum Gasteiger partial charge on any atom is -0.494 e. The lowest BCUT2D eigenvalue weighted by molar-refractivity contribution is 0.0901. The summed E-state index contributed by atoms with van der Waals surface area (Å²) in [6.07, 6.45) is 0.222. The zero-order valence-corrected chi connectivity index (χ0v) is 20.6. The molecular weight excluding hydrogens is 454 g/mol. The van der Waals surface area contributed by atoms with Crippen molar-refractivity contribution in [2.24, 2.45) is 0 Å². The molecule has 0 fully saturated rings. The highest BCUT2D eigenvalue weighted by atomic mass is 16.5. The molecule has 3 aromatic carbocycles. The molecule has 186 valence electrons. The van der Waals surface area contributed by atoms with Crippen LogP contribution in [0.1, 0.15) is 35.3 Å². The molecule has 0 saturated carbocycles. The van der Waals surface area contributed by atoms with Gasteiger partial charge in [-0.15, -0.1) is 5.10 Å². The molecule has 0 aliphatic heterocycles. The van der Waals surface area contributed by atoms with Crippen molar-refractivity contribution in [2.75, 3.05) is 23.8 Å². The van der Waals surface area contributed by atoms with Crippen LogP contribution in [0.4, 0.5) is 11.9 Å². The number of hydrogen-bond donors (Lipinski definition) is 2. The number of hydrogen-bond acceptors (Lipinski definition) is 7. The molecule has 2 N–H and O–H groups in total. The number of nitrogens with zero attached hydrogens (tertiary/aromatic N) is 3. The van der Waals surface area contributed by atoms with Crippen LogP contribution in [0.15, 0.2) is 78.9 Å². The molecule has 0 spiro atoms.